The van der Waals surface area contributed by atoms with Crippen molar-refractivity contribution in [3.63, 3.8) is 0 Å². The van der Waals surface area contributed by atoms with Gasteiger partial charge in [0.25, 0.3) is 0 Å². The van der Waals surface area contributed by atoms with Crippen molar-refractivity contribution in [2.24, 2.45) is 4.99 Å². The van der Waals surface area contributed by atoms with Gasteiger partial charge < -0.3 is 14.5 Å². The third-order valence-corrected chi connectivity index (χ3v) is 7.61. The quantitative estimate of drug-likeness (QED) is 0.498. The summed E-state index contributed by atoms with van der Waals surface area (Å²) >= 11 is 0. The first-order valence-corrected chi connectivity index (χ1v) is 14.5. The zero-order chi connectivity index (χ0) is 29.1. The number of amides is 1. The van der Waals surface area contributed by atoms with E-state index in [0.717, 1.165) is 50.6 Å². The van der Waals surface area contributed by atoms with Gasteiger partial charge in [-0.3, -0.25) is 9.91 Å². The fourth-order valence-electron chi connectivity index (χ4n) is 5.62. The molecule has 0 saturated carbocycles. The molecule has 0 spiro atoms. The number of ether oxygens (including phenoxy) is 1. The molecule has 8 nitrogen and oxygen atoms in total. The Balaban J connectivity index is 1.33. The highest BCUT2D eigenvalue weighted by Crippen LogP contribution is 2.33. The average Bonchev–Trinajstić information content (AvgIpc) is 3.23. The number of benzene rings is 1. The Morgan fingerprint density at radius 3 is 2.58 bits per heavy atom. The number of likely N-dealkylation sites (N-methyl/N-ethyl adjacent to an activating group) is 1. The van der Waals surface area contributed by atoms with Gasteiger partial charge in [-0.15, -0.1) is 0 Å². The fourth-order valence-corrected chi connectivity index (χ4v) is 5.62. The van der Waals surface area contributed by atoms with Gasteiger partial charge in [-0.1, -0.05) is 43.3 Å². The summed E-state index contributed by atoms with van der Waals surface area (Å²) in [5, 5.41) is 2.12. The highest BCUT2D eigenvalue weighted by atomic mass is 16.6. The standard InChI is InChI=1S/C32H48N6O2/c1-9-32(21-29-33-24(2)19-25(3)38(29)34-32)20-27-14-12-26(13-15-27)11-10-16-36-17-18-37(28(23-36)22-35(7)8)30(39)40-31(4,5)6/h10-15,19,21,28,34H,9,16-18,20,22-23H2,1-8H3. The molecule has 218 valence electrons. The topological polar surface area (TPSA) is 63.7 Å². The van der Waals surface area contributed by atoms with Crippen LogP contribution in [0.25, 0.3) is 6.08 Å². The highest BCUT2D eigenvalue weighted by molar-refractivity contribution is 5.94. The van der Waals surface area contributed by atoms with Crippen LogP contribution in [0.15, 0.2) is 59.0 Å². The molecule has 3 aliphatic rings. The van der Waals surface area contributed by atoms with Gasteiger partial charge in [-0.2, -0.15) is 0 Å². The molecule has 2 atom stereocenters. The van der Waals surface area contributed by atoms with E-state index in [0.29, 0.717) is 6.54 Å². The van der Waals surface area contributed by atoms with Gasteiger partial charge in [0.2, 0.25) is 0 Å². The van der Waals surface area contributed by atoms with Crippen LogP contribution in [-0.4, -0.2) is 95.5 Å². The largest absolute Gasteiger partial charge is 0.444 e. The molecule has 3 aliphatic heterocycles. The Hall–Kier alpha value is -2.94. The van der Waals surface area contributed by atoms with Crippen LogP contribution in [0.5, 0.6) is 0 Å². The van der Waals surface area contributed by atoms with Crippen LogP contribution in [0.1, 0.15) is 59.1 Å². The molecule has 0 aromatic heterocycles. The van der Waals surface area contributed by atoms with Crippen molar-refractivity contribution in [1.82, 2.24) is 25.1 Å². The average molecular weight is 549 g/mol. The number of carbonyl (C=O) groups excluding carboxylic acids is 1. The number of allylic oxidation sites excluding steroid dienone is 2. The van der Waals surface area contributed by atoms with Crippen molar-refractivity contribution < 1.29 is 9.53 Å². The smallest absolute Gasteiger partial charge is 0.410 e. The second-order valence-electron chi connectivity index (χ2n) is 12.7. The molecule has 1 aromatic rings. The molecule has 1 aromatic carbocycles. The first kappa shape index (κ1) is 30.0. The van der Waals surface area contributed by atoms with E-state index in [4.69, 9.17) is 9.73 Å². The number of hydrogen-bond acceptors (Lipinski definition) is 7. The number of carbonyl (C=O) groups is 1. The minimum atomic E-state index is -0.489. The summed E-state index contributed by atoms with van der Waals surface area (Å²) in [6.45, 7) is 16.2. The molecule has 2 unspecified atom stereocenters. The lowest BCUT2D eigenvalue weighted by Gasteiger charge is -2.42. The van der Waals surface area contributed by atoms with Gasteiger partial charge in [0.1, 0.15) is 11.4 Å². The minimum Gasteiger partial charge on any atom is -0.444 e. The first-order chi connectivity index (χ1) is 18.9. The molecule has 3 heterocycles. The molecular weight excluding hydrogens is 500 g/mol. The molecule has 1 N–H and O–H groups in total. The number of rotatable bonds is 8. The van der Waals surface area contributed by atoms with Gasteiger partial charge in [-0.25, -0.2) is 15.2 Å². The van der Waals surface area contributed by atoms with Gasteiger partial charge in [0, 0.05) is 44.1 Å². The van der Waals surface area contributed by atoms with E-state index in [-0.39, 0.29) is 17.7 Å². The maximum absolute atomic E-state index is 12.8. The number of nitrogens with zero attached hydrogens (tertiary/aromatic N) is 5. The van der Waals surface area contributed by atoms with Gasteiger partial charge in [0.05, 0.1) is 11.6 Å². The maximum atomic E-state index is 12.8. The van der Waals surface area contributed by atoms with E-state index in [1.165, 1.54) is 16.8 Å². The predicted molar refractivity (Wildman–Crippen MR) is 164 cm³/mol. The van der Waals surface area contributed by atoms with Crippen molar-refractivity contribution in [3.05, 3.63) is 65.1 Å². The number of fused-ring (bicyclic) bond motifs is 1. The van der Waals surface area contributed by atoms with Gasteiger partial charge in [-0.05, 0) is 84.8 Å². The Morgan fingerprint density at radius 1 is 1.20 bits per heavy atom. The van der Waals surface area contributed by atoms with E-state index >= 15 is 0 Å². The second kappa shape index (κ2) is 12.3. The summed E-state index contributed by atoms with van der Waals surface area (Å²) in [5.41, 5.74) is 7.80. The molecule has 0 aliphatic carbocycles. The summed E-state index contributed by atoms with van der Waals surface area (Å²) < 4.78 is 5.68. The van der Waals surface area contributed by atoms with Crippen LogP contribution in [0.2, 0.25) is 0 Å². The Kier molecular flexibility index (Phi) is 9.22. The molecule has 0 radical (unpaired) electrons. The van der Waals surface area contributed by atoms with E-state index in [2.05, 4.69) is 96.7 Å². The van der Waals surface area contributed by atoms with E-state index in [9.17, 15) is 4.79 Å². The molecule has 0 bridgehead atoms. The summed E-state index contributed by atoms with van der Waals surface area (Å²) in [6, 6.07) is 8.97. The minimum absolute atomic E-state index is 0.102. The number of aliphatic imine (C=N–C) groups is 1. The third-order valence-electron chi connectivity index (χ3n) is 7.61. The Bertz CT molecular complexity index is 1180. The van der Waals surface area contributed by atoms with Crippen LogP contribution in [-0.2, 0) is 11.2 Å². The van der Waals surface area contributed by atoms with Crippen LogP contribution in [0.4, 0.5) is 4.79 Å². The predicted octanol–water partition coefficient (Wildman–Crippen LogP) is 4.91. The molecule has 1 fully saturated rings. The molecule has 1 amide bonds. The van der Waals surface area contributed by atoms with Gasteiger partial charge in [0.15, 0.2) is 0 Å². The summed E-state index contributed by atoms with van der Waals surface area (Å²) in [7, 11) is 4.10. The molecule has 4 rings (SSSR count). The lowest BCUT2D eigenvalue weighted by molar-refractivity contribution is -0.00366. The van der Waals surface area contributed by atoms with Crippen LogP contribution in [0.3, 0.4) is 0 Å². The number of hydrogen-bond donors (Lipinski definition) is 1. The van der Waals surface area contributed by atoms with Crippen LogP contribution >= 0.6 is 0 Å². The lowest BCUT2D eigenvalue weighted by atomic mass is 9.89. The summed E-state index contributed by atoms with van der Waals surface area (Å²) in [6.07, 6.45) is 10.5. The van der Waals surface area contributed by atoms with Crippen molar-refractivity contribution in [2.45, 2.75) is 71.6 Å². The summed E-state index contributed by atoms with van der Waals surface area (Å²) in [4.78, 5) is 24.0. The van der Waals surface area contributed by atoms with Crippen LogP contribution in [0, 0.1) is 0 Å². The van der Waals surface area contributed by atoms with Crippen molar-refractivity contribution in [2.75, 3.05) is 46.8 Å². The molecule has 1 saturated heterocycles. The van der Waals surface area contributed by atoms with Gasteiger partial charge >= 0.3 is 6.09 Å². The van der Waals surface area contributed by atoms with Crippen molar-refractivity contribution in [1.29, 1.82) is 0 Å². The second-order valence-corrected chi connectivity index (χ2v) is 12.7. The lowest BCUT2D eigenvalue weighted by Crippen LogP contribution is -2.58. The monoisotopic (exact) mass is 548 g/mol. The Morgan fingerprint density at radius 2 is 1.93 bits per heavy atom. The zero-order valence-electron chi connectivity index (χ0n) is 25.7. The van der Waals surface area contributed by atoms with Crippen LogP contribution < -0.4 is 5.43 Å². The number of piperazine rings is 1. The van der Waals surface area contributed by atoms with Crippen molar-refractivity contribution >= 4 is 17.9 Å². The normalized spacial score (nSPS) is 23.8. The molecule has 40 heavy (non-hydrogen) atoms. The Labute approximate surface area is 241 Å². The SMILES string of the molecule is CCC1(Cc2ccc(C=CCN3CCN(C(=O)OC(C)(C)C)C(CN(C)C)C3)cc2)C=C2N=C(C)C=C(C)N2N1. The number of hydrazine groups is 1. The fraction of sp³-hybridized carbons (Fsp3) is 0.562. The van der Waals surface area contributed by atoms with E-state index in [1.807, 2.05) is 32.6 Å². The molecular formula is C32H48N6O2. The maximum Gasteiger partial charge on any atom is 0.410 e. The van der Waals surface area contributed by atoms with E-state index < -0.39 is 5.60 Å². The highest BCUT2D eigenvalue weighted by Gasteiger charge is 2.37. The molecule has 8 heteroatoms. The van der Waals surface area contributed by atoms with E-state index in [1.54, 1.807) is 0 Å². The zero-order valence-corrected chi connectivity index (χ0v) is 25.7. The first-order valence-electron chi connectivity index (χ1n) is 14.5. The summed E-state index contributed by atoms with van der Waals surface area (Å²) in [5.74, 6) is 0.999. The third kappa shape index (κ3) is 7.62. The van der Waals surface area contributed by atoms with Crippen molar-refractivity contribution in [3.8, 4) is 0 Å². The number of nitrogens with one attached hydrogen (secondary N) is 1.